The van der Waals surface area contributed by atoms with Crippen molar-refractivity contribution in [2.24, 2.45) is 5.92 Å². The van der Waals surface area contributed by atoms with Crippen LogP contribution in [0.15, 0.2) is 24.3 Å². The Kier molecular flexibility index (Phi) is 6.13. The summed E-state index contributed by atoms with van der Waals surface area (Å²) in [5, 5.41) is 20.0. The third kappa shape index (κ3) is 3.98. The maximum atomic E-state index is 9.67. The van der Waals surface area contributed by atoms with E-state index < -0.39 is 5.41 Å². The molecule has 0 saturated heterocycles. The highest BCUT2D eigenvalue weighted by Gasteiger charge is 2.30. The molecule has 0 aliphatic carbocycles. The van der Waals surface area contributed by atoms with Gasteiger partial charge in [0.15, 0.2) is 0 Å². The van der Waals surface area contributed by atoms with Crippen molar-refractivity contribution in [3.63, 3.8) is 0 Å². The number of aliphatic hydroxyl groups excluding tert-OH is 2. The monoisotopic (exact) mass is 270 g/mol. The zero-order valence-corrected chi connectivity index (χ0v) is 12.0. The highest BCUT2D eigenvalue weighted by Crippen LogP contribution is 2.30. The average Bonchev–Trinajstić information content (AvgIpc) is 2.36. The van der Waals surface area contributed by atoms with Crippen molar-refractivity contribution in [3.05, 3.63) is 34.9 Å². The molecule has 1 aromatic carbocycles. The summed E-state index contributed by atoms with van der Waals surface area (Å²) in [6.07, 6.45) is 2.90. The minimum Gasteiger partial charge on any atom is -0.395 e. The number of hydrogen-bond acceptors (Lipinski definition) is 2. The number of aliphatic hydroxyl groups is 2. The lowest BCUT2D eigenvalue weighted by Crippen LogP contribution is -2.34. The molecule has 3 heteroatoms. The molecule has 0 spiro atoms. The summed E-state index contributed by atoms with van der Waals surface area (Å²) >= 11 is 5.87. The first-order valence-electron chi connectivity index (χ1n) is 6.52. The van der Waals surface area contributed by atoms with Crippen molar-refractivity contribution < 1.29 is 10.2 Å². The molecular weight excluding hydrogens is 248 g/mol. The van der Waals surface area contributed by atoms with Crippen LogP contribution in [0.25, 0.3) is 0 Å². The maximum absolute atomic E-state index is 9.67. The van der Waals surface area contributed by atoms with Crippen LogP contribution < -0.4 is 0 Å². The smallest absolute Gasteiger partial charge is 0.0550 e. The quantitative estimate of drug-likeness (QED) is 0.797. The molecule has 0 aliphatic heterocycles. The van der Waals surface area contributed by atoms with E-state index in [1.807, 2.05) is 12.1 Å². The topological polar surface area (TPSA) is 40.5 Å². The molecule has 0 atom stereocenters. The molecule has 102 valence electrons. The van der Waals surface area contributed by atoms with Gasteiger partial charge in [-0.15, -0.1) is 0 Å². The summed E-state index contributed by atoms with van der Waals surface area (Å²) in [7, 11) is 0. The van der Waals surface area contributed by atoms with Gasteiger partial charge in [-0.05, 0) is 30.0 Å². The first-order chi connectivity index (χ1) is 8.54. The fraction of sp³-hybridized carbons (Fsp3) is 0.600. The molecule has 2 N–H and O–H groups in total. The van der Waals surface area contributed by atoms with Gasteiger partial charge in [0.2, 0.25) is 0 Å². The number of halogens is 1. The number of benzene rings is 1. The molecule has 0 fully saturated rings. The van der Waals surface area contributed by atoms with E-state index in [-0.39, 0.29) is 13.2 Å². The molecule has 0 aromatic heterocycles. The number of hydrogen-bond donors (Lipinski definition) is 2. The van der Waals surface area contributed by atoms with Gasteiger partial charge < -0.3 is 10.2 Å². The van der Waals surface area contributed by atoms with Crippen LogP contribution in [0.1, 0.15) is 38.7 Å². The van der Waals surface area contributed by atoms with E-state index in [0.29, 0.717) is 10.9 Å². The maximum Gasteiger partial charge on any atom is 0.0550 e. The summed E-state index contributed by atoms with van der Waals surface area (Å²) in [5.74, 6) is 0.644. The summed E-state index contributed by atoms with van der Waals surface area (Å²) in [6.45, 7) is 4.29. The van der Waals surface area contributed by atoms with Gasteiger partial charge in [-0.3, -0.25) is 0 Å². The van der Waals surface area contributed by atoms with Crippen LogP contribution in [0.5, 0.6) is 0 Å². The molecule has 0 bridgehead atoms. The Morgan fingerprint density at radius 1 is 1.11 bits per heavy atom. The Bertz CT molecular complexity index is 342. The van der Waals surface area contributed by atoms with E-state index in [0.717, 1.165) is 24.8 Å². The van der Waals surface area contributed by atoms with E-state index in [9.17, 15) is 10.2 Å². The second kappa shape index (κ2) is 7.13. The van der Waals surface area contributed by atoms with Gasteiger partial charge >= 0.3 is 0 Å². The minimum absolute atomic E-state index is 0.0385. The van der Waals surface area contributed by atoms with Crippen molar-refractivity contribution in [3.8, 4) is 0 Å². The Balaban J connectivity index is 2.81. The Morgan fingerprint density at radius 2 is 1.67 bits per heavy atom. The van der Waals surface area contributed by atoms with Gasteiger partial charge in [0.05, 0.1) is 13.2 Å². The fourth-order valence-corrected chi connectivity index (χ4v) is 2.31. The van der Waals surface area contributed by atoms with Crippen molar-refractivity contribution in [2.45, 2.75) is 38.5 Å². The van der Waals surface area contributed by atoms with Crippen molar-refractivity contribution in [1.82, 2.24) is 0 Å². The Labute approximate surface area is 115 Å². The van der Waals surface area contributed by atoms with Crippen LogP contribution in [0, 0.1) is 5.92 Å². The largest absolute Gasteiger partial charge is 0.395 e. The summed E-state index contributed by atoms with van der Waals surface area (Å²) in [6, 6.07) is 7.40. The molecule has 0 saturated carbocycles. The van der Waals surface area contributed by atoms with Gasteiger partial charge in [0.1, 0.15) is 0 Å². The Hall–Kier alpha value is -0.570. The fourth-order valence-electron chi connectivity index (χ4n) is 2.19. The molecule has 2 nitrogen and oxygen atoms in total. The molecular formula is C15H23ClO2. The average molecular weight is 271 g/mol. The van der Waals surface area contributed by atoms with Gasteiger partial charge in [-0.2, -0.15) is 0 Å². The predicted molar refractivity (Wildman–Crippen MR) is 76.0 cm³/mol. The first kappa shape index (κ1) is 15.5. The molecule has 0 aliphatic rings. The lowest BCUT2D eigenvalue weighted by atomic mass is 9.77. The van der Waals surface area contributed by atoms with Crippen LogP contribution in [0.2, 0.25) is 5.02 Å². The normalized spacial score (nSPS) is 12.1. The highest BCUT2D eigenvalue weighted by atomic mass is 35.5. The van der Waals surface area contributed by atoms with Crippen LogP contribution in [0.4, 0.5) is 0 Å². The van der Waals surface area contributed by atoms with E-state index >= 15 is 0 Å². The van der Waals surface area contributed by atoms with E-state index in [1.165, 1.54) is 0 Å². The van der Waals surface area contributed by atoms with Gasteiger partial charge in [0, 0.05) is 10.4 Å². The lowest BCUT2D eigenvalue weighted by Gasteiger charge is -2.30. The highest BCUT2D eigenvalue weighted by molar-refractivity contribution is 6.30. The minimum atomic E-state index is -0.542. The summed E-state index contributed by atoms with van der Waals surface area (Å²) in [5.41, 5.74) is 0.417. The SMILES string of the molecule is CC(C)CCCC(CO)(CO)c1ccc(Cl)cc1. The van der Waals surface area contributed by atoms with E-state index in [1.54, 1.807) is 12.1 Å². The number of rotatable bonds is 7. The third-order valence-corrected chi connectivity index (χ3v) is 3.75. The van der Waals surface area contributed by atoms with Gasteiger partial charge in [0.25, 0.3) is 0 Å². The standard InChI is InChI=1S/C15H23ClO2/c1-12(2)4-3-9-15(10-17,11-18)13-5-7-14(16)8-6-13/h5-8,12,17-18H,3-4,9-11H2,1-2H3. The second-order valence-corrected chi connectivity index (χ2v) is 5.83. The molecule has 0 heterocycles. The molecule has 0 radical (unpaired) electrons. The lowest BCUT2D eigenvalue weighted by molar-refractivity contribution is 0.106. The van der Waals surface area contributed by atoms with Crippen LogP contribution >= 0.6 is 11.6 Å². The predicted octanol–water partition coefficient (Wildman–Crippen LogP) is 3.39. The van der Waals surface area contributed by atoms with Crippen LogP contribution in [0.3, 0.4) is 0 Å². The summed E-state index contributed by atoms with van der Waals surface area (Å²) < 4.78 is 0. The molecule has 1 rings (SSSR count). The summed E-state index contributed by atoms with van der Waals surface area (Å²) in [4.78, 5) is 0. The third-order valence-electron chi connectivity index (χ3n) is 3.50. The molecule has 0 unspecified atom stereocenters. The van der Waals surface area contributed by atoms with Crippen LogP contribution in [-0.2, 0) is 5.41 Å². The van der Waals surface area contributed by atoms with Crippen molar-refractivity contribution in [1.29, 1.82) is 0 Å². The van der Waals surface area contributed by atoms with E-state index in [2.05, 4.69) is 13.8 Å². The zero-order chi connectivity index (χ0) is 13.6. The zero-order valence-electron chi connectivity index (χ0n) is 11.2. The second-order valence-electron chi connectivity index (χ2n) is 5.39. The molecule has 18 heavy (non-hydrogen) atoms. The van der Waals surface area contributed by atoms with Gasteiger partial charge in [-0.1, -0.05) is 50.4 Å². The molecule has 1 aromatic rings. The van der Waals surface area contributed by atoms with E-state index in [4.69, 9.17) is 11.6 Å². The van der Waals surface area contributed by atoms with Crippen molar-refractivity contribution in [2.75, 3.05) is 13.2 Å². The first-order valence-corrected chi connectivity index (χ1v) is 6.89. The molecule has 0 amide bonds. The van der Waals surface area contributed by atoms with Crippen LogP contribution in [-0.4, -0.2) is 23.4 Å². The Morgan fingerprint density at radius 3 is 2.11 bits per heavy atom. The van der Waals surface area contributed by atoms with Crippen molar-refractivity contribution >= 4 is 11.6 Å². The van der Waals surface area contributed by atoms with Gasteiger partial charge in [-0.25, -0.2) is 0 Å².